The summed E-state index contributed by atoms with van der Waals surface area (Å²) in [4.78, 5) is 34.5. The molecule has 7 nitrogen and oxygen atoms in total. The molecule has 1 aliphatic rings. The molecule has 0 bridgehead atoms. The first-order valence-electron chi connectivity index (χ1n) is 7.45. The summed E-state index contributed by atoms with van der Waals surface area (Å²) in [6.07, 6.45) is 2.62. The van der Waals surface area contributed by atoms with E-state index in [0.29, 0.717) is 25.3 Å². The number of amides is 3. The van der Waals surface area contributed by atoms with Crippen LogP contribution in [0.2, 0.25) is 0 Å². The molecular formula is C14H25N3O4. The van der Waals surface area contributed by atoms with Crippen LogP contribution in [-0.2, 0) is 9.59 Å². The quantitative estimate of drug-likeness (QED) is 0.583. The zero-order chi connectivity index (χ0) is 15.9. The molecule has 0 atom stereocenters. The molecule has 1 aliphatic carbocycles. The highest BCUT2D eigenvalue weighted by atomic mass is 16.4. The maximum absolute atomic E-state index is 11.8. The predicted molar refractivity (Wildman–Crippen MR) is 77.8 cm³/mol. The molecule has 0 heterocycles. The lowest BCUT2D eigenvalue weighted by molar-refractivity contribution is -0.146. The summed E-state index contributed by atoms with van der Waals surface area (Å²) in [5.74, 6) is -0.648. The van der Waals surface area contributed by atoms with Crippen LogP contribution < -0.4 is 16.0 Å². The molecule has 0 saturated heterocycles. The molecule has 21 heavy (non-hydrogen) atoms. The molecule has 0 unspecified atom stereocenters. The SMILES string of the molecule is CCNC(=O)CCNC(=O)NC1(C(=O)O)CCC(C)CC1. The summed E-state index contributed by atoms with van der Waals surface area (Å²) in [5, 5.41) is 17.1. The van der Waals surface area contributed by atoms with Gasteiger partial charge >= 0.3 is 12.0 Å². The molecule has 1 saturated carbocycles. The van der Waals surface area contributed by atoms with Crippen molar-refractivity contribution in [2.24, 2.45) is 5.92 Å². The van der Waals surface area contributed by atoms with Gasteiger partial charge in [0, 0.05) is 19.5 Å². The number of rotatable bonds is 6. The number of urea groups is 1. The van der Waals surface area contributed by atoms with Crippen molar-refractivity contribution in [2.45, 2.75) is 51.5 Å². The summed E-state index contributed by atoms with van der Waals surface area (Å²) in [7, 11) is 0. The number of carbonyl (C=O) groups is 3. The highest BCUT2D eigenvalue weighted by Crippen LogP contribution is 2.32. The first-order chi connectivity index (χ1) is 9.89. The van der Waals surface area contributed by atoms with Crippen LogP contribution >= 0.6 is 0 Å². The third kappa shape index (κ3) is 5.24. The van der Waals surface area contributed by atoms with Gasteiger partial charge in [0.2, 0.25) is 5.91 Å². The standard InChI is InChI=1S/C14H25N3O4/c1-3-15-11(18)6-9-16-13(21)17-14(12(19)20)7-4-10(2)5-8-14/h10H,3-9H2,1-2H3,(H,15,18)(H,19,20)(H2,16,17,21). The van der Waals surface area contributed by atoms with Crippen LogP contribution in [0.3, 0.4) is 0 Å². The van der Waals surface area contributed by atoms with Crippen molar-refractivity contribution in [2.75, 3.05) is 13.1 Å². The Kier molecular flexibility index (Phi) is 6.45. The van der Waals surface area contributed by atoms with Gasteiger partial charge in [-0.1, -0.05) is 6.92 Å². The van der Waals surface area contributed by atoms with Gasteiger partial charge in [-0.25, -0.2) is 9.59 Å². The molecular weight excluding hydrogens is 274 g/mol. The lowest BCUT2D eigenvalue weighted by atomic mass is 9.77. The predicted octanol–water partition coefficient (Wildman–Crippen LogP) is 0.845. The average molecular weight is 299 g/mol. The van der Waals surface area contributed by atoms with E-state index in [1.165, 1.54) is 0 Å². The number of hydrogen-bond donors (Lipinski definition) is 4. The molecule has 1 rings (SSSR count). The fourth-order valence-corrected chi connectivity index (χ4v) is 2.48. The van der Waals surface area contributed by atoms with Crippen molar-refractivity contribution in [1.29, 1.82) is 0 Å². The minimum Gasteiger partial charge on any atom is -0.480 e. The average Bonchev–Trinajstić information content (AvgIpc) is 2.41. The fourth-order valence-electron chi connectivity index (χ4n) is 2.48. The second-order valence-corrected chi connectivity index (χ2v) is 5.65. The smallest absolute Gasteiger partial charge is 0.329 e. The Balaban J connectivity index is 2.43. The van der Waals surface area contributed by atoms with E-state index in [2.05, 4.69) is 22.9 Å². The molecule has 0 aromatic carbocycles. The molecule has 0 aromatic rings. The van der Waals surface area contributed by atoms with Gasteiger partial charge in [-0.2, -0.15) is 0 Å². The maximum atomic E-state index is 11.8. The van der Waals surface area contributed by atoms with E-state index in [0.717, 1.165) is 12.8 Å². The third-order valence-corrected chi connectivity index (χ3v) is 3.90. The molecule has 0 aliphatic heterocycles. The molecule has 4 N–H and O–H groups in total. The number of carbonyl (C=O) groups excluding carboxylic acids is 2. The lowest BCUT2D eigenvalue weighted by Crippen LogP contribution is -2.58. The minimum atomic E-state index is -1.18. The van der Waals surface area contributed by atoms with Crippen molar-refractivity contribution in [3.8, 4) is 0 Å². The van der Waals surface area contributed by atoms with Crippen LogP contribution in [0.4, 0.5) is 4.79 Å². The molecule has 3 amide bonds. The Morgan fingerprint density at radius 1 is 1.19 bits per heavy atom. The van der Waals surface area contributed by atoms with Crippen LogP contribution in [0.1, 0.15) is 46.0 Å². The van der Waals surface area contributed by atoms with Crippen LogP contribution in [0, 0.1) is 5.92 Å². The molecule has 0 aromatic heterocycles. The van der Waals surface area contributed by atoms with Crippen molar-refractivity contribution in [3.05, 3.63) is 0 Å². The van der Waals surface area contributed by atoms with E-state index >= 15 is 0 Å². The Bertz CT molecular complexity index is 390. The zero-order valence-corrected chi connectivity index (χ0v) is 12.7. The molecule has 0 spiro atoms. The van der Waals surface area contributed by atoms with Gasteiger partial charge in [-0.15, -0.1) is 0 Å². The molecule has 1 fully saturated rings. The second-order valence-electron chi connectivity index (χ2n) is 5.65. The first-order valence-corrected chi connectivity index (χ1v) is 7.45. The third-order valence-electron chi connectivity index (χ3n) is 3.90. The first kappa shape index (κ1) is 17.3. The van der Waals surface area contributed by atoms with E-state index < -0.39 is 17.5 Å². The van der Waals surface area contributed by atoms with E-state index in [1.54, 1.807) is 0 Å². The normalized spacial score (nSPS) is 25.0. The Morgan fingerprint density at radius 2 is 1.81 bits per heavy atom. The van der Waals surface area contributed by atoms with Crippen molar-refractivity contribution in [1.82, 2.24) is 16.0 Å². The number of nitrogens with one attached hydrogen (secondary N) is 3. The Morgan fingerprint density at radius 3 is 2.33 bits per heavy atom. The van der Waals surface area contributed by atoms with E-state index in [-0.39, 0.29) is 18.9 Å². The van der Waals surface area contributed by atoms with Crippen molar-refractivity contribution >= 4 is 17.9 Å². The molecule has 7 heteroatoms. The highest BCUT2D eigenvalue weighted by molar-refractivity contribution is 5.86. The van der Waals surface area contributed by atoms with E-state index in [4.69, 9.17) is 0 Å². The van der Waals surface area contributed by atoms with Crippen molar-refractivity contribution in [3.63, 3.8) is 0 Å². The Labute approximate surface area is 124 Å². The summed E-state index contributed by atoms with van der Waals surface area (Å²) >= 11 is 0. The van der Waals surface area contributed by atoms with Gasteiger partial charge in [0.05, 0.1) is 0 Å². The fraction of sp³-hybridized carbons (Fsp3) is 0.786. The van der Waals surface area contributed by atoms with E-state index in [1.807, 2.05) is 6.92 Å². The number of hydrogen-bond acceptors (Lipinski definition) is 3. The lowest BCUT2D eigenvalue weighted by Gasteiger charge is -2.36. The molecule has 0 radical (unpaired) electrons. The van der Waals surface area contributed by atoms with Crippen LogP contribution in [0.15, 0.2) is 0 Å². The summed E-state index contributed by atoms with van der Waals surface area (Å²) in [6, 6.07) is -0.531. The van der Waals surface area contributed by atoms with Gasteiger partial charge in [-0.05, 0) is 38.5 Å². The van der Waals surface area contributed by atoms with Gasteiger partial charge in [0.25, 0.3) is 0 Å². The van der Waals surface area contributed by atoms with Gasteiger partial charge < -0.3 is 21.1 Å². The minimum absolute atomic E-state index is 0.141. The summed E-state index contributed by atoms with van der Waals surface area (Å²) < 4.78 is 0. The van der Waals surface area contributed by atoms with E-state index in [9.17, 15) is 19.5 Å². The summed E-state index contributed by atoms with van der Waals surface area (Å²) in [6.45, 7) is 4.63. The maximum Gasteiger partial charge on any atom is 0.329 e. The summed E-state index contributed by atoms with van der Waals surface area (Å²) in [5.41, 5.74) is -1.18. The topological polar surface area (TPSA) is 108 Å². The number of carboxylic acid groups (broad SMARTS) is 1. The number of aliphatic carboxylic acids is 1. The zero-order valence-electron chi connectivity index (χ0n) is 12.7. The van der Waals surface area contributed by atoms with Crippen LogP contribution in [0.5, 0.6) is 0 Å². The van der Waals surface area contributed by atoms with Crippen molar-refractivity contribution < 1.29 is 19.5 Å². The van der Waals surface area contributed by atoms with Crippen LogP contribution in [-0.4, -0.2) is 41.6 Å². The van der Waals surface area contributed by atoms with Gasteiger partial charge in [-0.3, -0.25) is 4.79 Å². The number of carboxylic acids is 1. The van der Waals surface area contributed by atoms with Gasteiger partial charge in [0.15, 0.2) is 0 Å². The Hall–Kier alpha value is -1.79. The largest absolute Gasteiger partial charge is 0.480 e. The van der Waals surface area contributed by atoms with Crippen LogP contribution in [0.25, 0.3) is 0 Å². The molecule has 120 valence electrons. The highest BCUT2D eigenvalue weighted by Gasteiger charge is 2.42. The second kappa shape index (κ2) is 7.85. The monoisotopic (exact) mass is 299 g/mol. The van der Waals surface area contributed by atoms with Gasteiger partial charge in [0.1, 0.15) is 5.54 Å².